The van der Waals surface area contributed by atoms with Crippen LogP contribution in [0.5, 0.6) is 0 Å². The van der Waals surface area contributed by atoms with Gasteiger partial charge in [0, 0.05) is 0 Å². The second-order valence-electron chi connectivity index (χ2n) is 0.167. The molecule has 0 saturated carbocycles. The first-order chi connectivity index (χ1) is 1.91. The minimum Gasteiger partial charge on any atom is -0.715 e. The Labute approximate surface area is 153 Å². The fraction of sp³-hybridized carbons (Fsp3) is 0. The summed E-state index contributed by atoms with van der Waals surface area (Å²) in [5, 5.41) is 8.38. The molecule has 0 spiro atoms. The van der Waals surface area contributed by atoms with Crippen LogP contribution in [-0.2, 0) is 9.68 Å². The molecule has 3 nitrogen and oxygen atoms in total. The standard InChI is InChI=1S/CHO3.2Cs/c2-1-4-3;;/h3H;;/q-1;2*+1/p-1. The van der Waals surface area contributed by atoms with Gasteiger partial charge in [-0.3, -0.25) is 0 Å². The Hall–Kier alpha value is 3.53. The molecule has 0 amide bonds. The second-order valence-corrected chi connectivity index (χ2v) is 0.167. The summed E-state index contributed by atoms with van der Waals surface area (Å²) in [6.45, 7) is 0.625. The number of hydrogen-bond donors (Lipinski definition) is 0. The third kappa shape index (κ3) is 15.6. The maximum Gasteiger partial charge on any atom is 1.00 e. The zero-order valence-corrected chi connectivity index (χ0v) is 16.3. The molecule has 0 heterocycles. The monoisotopic (exact) mass is 326 g/mol. The molecule has 0 bridgehead atoms. The van der Waals surface area contributed by atoms with Gasteiger partial charge in [0.15, 0.2) is 0 Å². The van der Waals surface area contributed by atoms with E-state index in [1.807, 2.05) is 0 Å². The molecule has 0 aromatic carbocycles. The van der Waals surface area contributed by atoms with Gasteiger partial charge in [0.1, 0.15) is 0 Å². The average Bonchev–Trinajstić information content (AvgIpc) is 1.37. The SMILES string of the molecule is O=[C-]O[O-].[Cs+].[Cs+]. The molecule has 0 aliphatic rings. The molecule has 24 valence electrons. The van der Waals surface area contributed by atoms with Crippen LogP contribution < -0.4 is 143 Å². The summed E-state index contributed by atoms with van der Waals surface area (Å²) in [5.74, 6) is 0. The van der Waals surface area contributed by atoms with Crippen LogP contribution >= 0.6 is 0 Å². The van der Waals surface area contributed by atoms with Gasteiger partial charge in [0.05, 0.1) is 0 Å². The van der Waals surface area contributed by atoms with Gasteiger partial charge < -0.3 is 14.9 Å². The zero-order valence-electron chi connectivity index (χ0n) is 3.72. The van der Waals surface area contributed by atoms with Gasteiger partial charge in [-0.15, -0.1) is 0 Å². The third-order valence-corrected chi connectivity index (χ3v) is 0.0340. The van der Waals surface area contributed by atoms with Gasteiger partial charge in [-0.25, -0.2) is 0 Å². The van der Waals surface area contributed by atoms with Crippen molar-refractivity contribution in [3.05, 3.63) is 0 Å². The Morgan fingerprint density at radius 1 is 1.50 bits per heavy atom. The van der Waals surface area contributed by atoms with Gasteiger partial charge in [0.2, 0.25) is 0 Å². The van der Waals surface area contributed by atoms with Crippen LogP contribution in [0.3, 0.4) is 0 Å². The molecule has 0 aliphatic heterocycles. The van der Waals surface area contributed by atoms with E-state index >= 15 is 0 Å². The Balaban J connectivity index is -0.0000000450. The molecule has 0 aliphatic carbocycles. The molecule has 0 rings (SSSR count). The molecule has 0 radical (unpaired) electrons. The van der Waals surface area contributed by atoms with Crippen LogP contribution in [0.4, 0.5) is 0 Å². The van der Waals surface area contributed by atoms with E-state index in [1.54, 1.807) is 0 Å². The molecule has 0 aromatic rings. The van der Waals surface area contributed by atoms with Crippen molar-refractivity contribution in [2.45, 2.75) is 0 Å². The summed E-state index contributed by atoms with van der Waals surface area (Å²) in [6, 6.07) is 0. The summed E-state index contributed by atoms with van der Waals surface area (Å²) >= 11 is 0. The van der Waals surface area contributed by atoms with Gasteiger partial charge in [-0.05, 0) is 0 Å². The quantitative estimate of drug-likeness (QED) is 0.273. The Kier molecular flexibility index (Phi) is 42.9. The van der Waals surface area contributed by atoms with E-state index in [2.05, 4.69) is 4.89 Å². The van der Waals surface area contributed by atoms with Crippen LogP contribution in [0, 0.1) is 0 Å². The minimum atomic E-state index is 0. The van der Waals surface area contributed by atoms with Crippen LogP contribution in [0.25, 0.3) is 0 Å². The van der Waals surface area contributed by atoms with Crippen LogP contribution in [0.1, 0.15) is 0 Å². The molecule has 0 atom stereocenters. The van der Waals surface area contributed by atoms with E-state index in [9.17, 15) is 0 Å². The van der Waals surface area contributed by atoms with Crippen LogP contribution in [-0.4, -0.2) is 6.47 Å². The van der Waals surface area contributed by atoms with Crippen molar-refractivity contribution in [1.29, 1.82) is 0 Å². The Morgan fingerprint density at radius 2 is 1.67 bits per heavy atom. The fourth-order valence-corrected chi connectivity index (χ4v) is 0. The van der Waals surface area contributed by atoms with Gasteiger partial charge in [-0.1, -0.05) is 6.47 Å². The number of carbonyl (C=O) groups excluding carboxylic acids is 1. The summed E-state index contributed by atoms with van der Waals surface area (Å²) in [5.41, 5.74) is 0. The summed E-state index contributed by atoms with van der Waals surface area (Å²) in [4.78, 5) is 11.0. The smallest absolute Gasteiger partial charge is 0.715 e. The topological polar surface area (TPSA) is 49.4 Å². The van der Waals surface area contributed by atoms with E-state index < -0.39 is 0 Å². The third-order valence-electron chi connectivity index (χ3n) is 0.0340. The molecule has 0 fully saturated rings. The predicted octanol–water partition coefficient (Wildman–Crippen LogP) is -7.65. The molecular weight excluding hydrogens is 326 g/mol. The molecule has 0 saturated heterocycles. The van der Waals surface area contributed by atoms with Crippen molar-refractivity contribution in [2.24, 2.45) is 0 Å². The molecular formula is CCs2O3. The van der Waals surface area contributed by atoms with Crippen molar-refractivity contribution in [3.63, 3.8) is 0 Å². The Morgan fingerprint density at radius 3 is 1.67 bits per heavy atom. The molecule has 5 heteroatoms. The van der Waals surface area contributed by atoms with E-state index in [-0.39, 0.29) is 138 Å². The normalized spacial score (nSPS) is 3.50. The maximum atomic E-state index is 8.51. The van der Waals surface area contributed by atoms with E-state index in [1.165, 1.54) is 0 Å². The average molecular weight is 326 g/mol. The van der Waals surface area contributed by atoms with Gasteiger partial charge >= 0.3 is 138 Å². The summed E-state index contributed by atoms with van der Waals surface area (Å²) < 4.78 is 0. The largest absolute Gasteiger partial charge is 1.00 e. The number of rotatable bonds is 1. The Bertz CT molecular complexity index is 22.8. The van der Waals surface area contributed by atoms with Gasteiger partial charge in [-0.2, -0.15) is 0 Å². The van der Waals surface area contributed by atoms with Crippen molar-refractivity contribution >= 4 is 6.47 Å². The first-order valence-corrected chi connectivity index (χ1v) is 0.575. The van der Waals surface area contributed by atoms with Crippen molar-refractivity contribution < 1.29 is 153 Å². The minimum absolute atomic E-state index is 0. The van der Waals surface area contributed by atoms with Crippen molar-refractivity contribution in [2.75, 3.05) is 0 Å². The van der Waals surface area contributed by atoms with Crippen molar-refractivity contribution in [1.82, 2.24) is 0 Å². The van der Waals surface area contributed by atoms with E-state index in [4.69, 9.17) is 10.1 Å². The molecule has 0 N–H and O–H groups in total. The summed E-state index contributed by atoms with van der Waals surface area (Å²) in [6.07, 6.45) is 0. The number of hydrogen-bond acceptors (Lipinski definition) is 3. The van der Waals surface area contributed by atoms with Crippen molar-refractivity contribution in [3.8, 4) is 0 Å². The zero-order chi connectivity index (χ0) is 3.41. The molecule has 0 unspecified atom stereocenters. The first kappa shape index (κ1) is 16.3. The molecule has 0 aromatic heterocycles. The maximum absolute atomic E-state index is 8.51. The predicted molar refractivity (Wildman–Crippen MR) is 6.78 cm³/mol. The van der Waals surface area contributed by atoms with Gasteiger partial charge in [0.25, 0.3) is 0 Å². The van der Waals surface area contributed by atoms with E-state index in [0.29, 0.717) is 6.47 Å². The fourth-order valence-electron chi connectivity index (χ4n) is 0. The molecule has 6 heavy (non-hydrogen) atoms. The first-order valence-electron chi connectivity index (χ1n) is 0.575. The van der Waals surface area contributed by atoms with E-state index in [0.717, 1.165) is 0 Å². The summed E-state index contributed by atoms with van der Waals surface area (Å²) in [7, 11) is 0. The second kappa shape index (κ2) is 15.8. The van der Waals surface area contributed by atoms with Crippen LogP contribution in [0.2, 0.25) is 0 Å². The van der Waals surface area contributed by atoms with Crippen LogP contribution in [0.15, 0.2) is 0 Å².